The molecule has 1 spiro atoms. The summed E-state index contributed by atoms with van der Waals surface area (Å²) in [5, 5.41) is 6.03. The molecule has 2 saturated heterocycles. The van der Waals surface area contributed by atoms with E-state index in [9.17, 15) is 4.79 Å². The van der Waals surface area contributed by atoms with Crippen molar-refractivity contribution in [3.8, 4) is 0 Å². The van der Waals surface area contributed by atoms with Crippen LogP contribution >= 0.6 is 0 Å². The number of rotatable bonds is 3. The van der Waals surface area contributed by atoms with Crippen LogP contribution in [0, 0.1) is 0 Å². The summed E-state index contributed by atoms with van der Waals surface area (Å²) in [5.41, 5.74) is -0.553. The molecule has 2 unspecified atom stereocenters. The first-order chi connectivity index (χ1) is 8.55. The van der Waals surface area contributed by atoms with Crippen LogP contribution in [-0.4, -0.2) is 49.9 Å². The van der Waals surface area contributed by atoms with E-state index in [-0.39, 0.29) is 18.1 Å². The van der Waals surface area contributed by atoms with Crippen LogP contribution in [-0.2, 0) is 14.3 Å². The molecule has 0 aliphatic carbocycles. The Hall–Kier alpha value is -1.14. The molecule has 0 saturated carbocycles. The molecule has 2 atom stereocenters. The van der Waals surface area contributed by atoms with Crippen LogP contribution in [0.1, 0.15) is 26.7 Å². The van der Waals surface area contributed by atoms with Crippen LogP contribution in [0.15, 0.2) is 4.99 Å². The molecule has 0 radical (unpaired) electrons. The third kappa shape index (κ3) is 2.64. The van der Waals surface area contributed by atoms with E-state index >= 15 is 0 Å². The molecule has 18 heavy (non-hydrogen) atoms. The second-order valence-electron chi connectivity index (χ2n) is 5.05. The summed E-state index contributed by atoms with van der Waals surface area (Å²) < 4.78 is 10.6. The van der Waals surface area contributed by atoms with E-state index in [0.29, 0.717) is 32.0 Å². The second kappa shape index (κ2) is 5.24. The molecule has 2 rings (SSSR count). The van der Waals surface area contributed by atoms with Crippen LogP contribution in [0.2, 0.25) is 0 Å². The minimum absolute atomic E-state index is 0.000617. The Kier molecular flexibility index (Phi) is 3.87. The highest BCUT2D eigenvalue weighted by atomic mass is 16.5. The summed E-state index contributed by atoms with van der Waals surface area (Å²) in [5.74, 6) is 0.555. The number of ether oxygens (including phenoxy) is 2. The van der Waals surface area contributed by atoms with Gasteiger partial charge in [-0.3, -0.25) is 15.1 Å². The fraction of sp³-hybridized carbons (Fsp3) is 0.833. The largest absolute Gasteiger partial charge is 0.383 e. The number of hydrogen-bond donors (Lipinski definition) is 2. The van der Waals surface area contributed by atoms with Crippen molar-refractivity contribution in [3.63, 3.8) is 0 Å². The van der Waals surface area contributed by atoms with Crippen LogP contribution in [0.25, 0.3) is 0 Å². The van der Waals surface area contributed by atoms with E-state index in [1.165, 1.54) is 0 Å². The molecule has 0 aromatic heterocycles. The molecule has 2 aliphatic rings. The molecule has 0 aromatic rings. The molecule has 6 heteroatoms. The van der Waals surface area contributed by atoms with Crippen molar-refractivity contribution in [3.05, 3.63) is 0 Å². The van der Waals surface area contributed by atoms with E-state index in [1.807, 2.05) is 13.8 Å². The molecule has 2 heterocycles. The maximum atomic E-state index is 12.1. The summed E-state index contributed by atoms with van der Waals surface area (Å²) in [6.07, 6.45) is 1.49. The number of carbonyl (C=O) groups is 1. The van der Waals surface area contributed by atoms with Gasteiger partial charge in [-0.15, -0.1) is 0 Å². The lowest BCUT2D eigenvalue weighted by molar-refractivity contribution is -0.133. The van der Waals surface area contributed by atoms with Gasteiger partial charge in [0.25, 0.3) is 5.91 Å². The lowest BCUT2D eigenvalue weighted by Crippen LogP contribution is -2.55. The van der Waals surface area contributed by atoms with Gasteiger partial charge in [0.05, 0.1) is 25.4 Å². The molecule has 2 N–H and O–H groups in total. The molecule has 6 nitrogen and oxygen atoms in total. The summed E-state index contributed by atoms with van der Waals surface area (Å²) in [6.45, 7) is 5.07. The van der Waals surface area contributed by atoms with Crippen molar-refractivity contribution in [2.75, 3.05) is 20.3 Å². The third-order valence-electron chi connectivity index (χ3n) is 3.33. The highest BCUT2D eigenvalue weighted by Gasteiger charge is 2.49. The topological polar surface area (TPSA) is 72.0 Å². The minimum Gasteiger partial charge on any atom is -0.383 e. The van der Waals surface area contributed by atoms with Crippen LogP contribution in [0.3, 0.4) is 0 Å². The number of nitrogens with one attached hydrogen (secondary N) is 2. The van der Waals surface area contributed by atoms with Crippen molar-refractivity contribution in [1.82, 2.24) is 10.6 Å². The highest BCUT2D eigenvalue weighted by molar-refractivity contribution is 6.09. The zero-order valence-electron chi connectivity index (χ0n) is 11.2. The first-order valence-corrected chi connectivity index (χ1v) is 6.34. The van der Waals surface area contributed by atoms with Gasteiger partial charge in [0.15, 0.2) is 5.96 Å². The van der Waals surface area contributed by atoms with E-state index in [0.717, 1.165) is 0 Å². The molecule has 2 aliphatic heterocycles. The lowest BCUT2D eigenvalue weighted by Gasteiger charge is -2.38. The maximum Gasteiger partial charge on any atom is 0.252 e. The minimum atomic E-state index is -0.553. The summed E-state index contributed by atoms with van der Waals surface area (Å²) in [6, 6.07) is 0. The summed E-state index contributed by atoms with van der Waals surface area (Å²) in [4.78, 5) is 16.4. The maximum absolute atomic E-state index is 12.1. The number of methoxy groups -OCH3 is 1. The third-order valence-corrected chi connectivity index (χ3v) is 3.33. The van der Waals surface area contributed by atoms with Gasteiger partial charge in [-0.1, -0.05) is 0 Å². The number of nitrogens with zero attached hydrogens (tertiary/aromatic N) is 1. The monoisotopic (exact) mass is 255 g/mol. The fourth-order valence-electron chi connectivity index (χ4n) is 2.71. The number of amides is 1. The lowest BCUT2D eigenvalue weighted by atomic mass is 9.84. The summed E-state index contributed by atoms with van der Waals surface area (Å²) in [7, 11) is 1.63. The van der Waals surface area contributed by atoms with Crippen molar-refractivity contribution in [2.24, 2.45) is 4.99 Å². The van der Waals surface area contributed by atoms with Crippen LogP contribution in [0.5, 0.6) is 0 Å². The molecule has 2 fully saturated rings. The number of carbonyl (C=O) groups excluding carboxylic acids is 1. The molecular weight excluding hydrogens is 234 g/mol. The Balaban J connectivity index is 2.05. The molecular formula is C12H21N3O3. The Labute approximate surface area is 107 Å². The van der Waals surface area contributed by atoms with Crippen LogP contribution in [0.4, 0.5) is 0 Å². The number of aliphatic imine (C=N–C) groups is 1. The predicted molar refractivity (Wildman–Crippen MR) is 67.4 cm³/mol. The van der Waals surface area contributed by atoms with E-state index in [4.69, 9.17) is 9.47 Å². The van der Waals surface area contributed by atoms with Gasteiger partial charge in [-0.25, -0.2) is 0 Å². The van der Waals surface area contributed by atoms with Crippen molar-refractivity contribution >= 4 is 11.9 Å². The van der Waals surface area contributed by atoms with E-state index in [1.54, 1.807) is 7.11 Å². The normalized spacial score (nSPS) is 37.9. The Morgan fingerprint density at radius 2 is 2.11 bits per heavy atom. The van der Waals surface area contributed by atoms with Gasteiger partial charge in [-0.2, -0.15) is 0 Å². The van der Waals surface area contributed by atoms with Gasteiger partial charge < -0.3 is 14.8 Å². The smallest absolute Gasteiger partial charge is 0.252 e. The van der Waals surface area contributed by atoms with E-state index in [2.05, 4.69) is 15.6 Å². The number of guanidine groups is 1. The first kappa shape index (κ1) is 13.3. The highest BCUT2D eigenvalue weighted by Crippen LogP contribution is 2.31. The second-order valence-corrected chi connectivity index (χ2v) is 5.05. The molecule has 1 amide bonds. The van der Waals surface area contributed by atoms with Gasteiger partial charge in [0, 0.05) is 20.0 Å². The van der Waals surface area contributed by atoms with Crippen molar-refractivity contribution in [2.45, 2.75) is 44.4 Å². The average molecular weight is 255 g/mol. The zero-order valence-corrected chi connectivity index (χ0v) is 11.2. The van der Waals surface area contributed by atoms with Crippen LogP contribution < -0.4 is 10.6 Å². The van der Waals surface area contributed by atoms with Gasteiger partial charge in [0.2, 0.25) is 0 Å². The van der Waals surface area contributed by atoms with Gasteiger partial charge >= 0.3 is 0 Å². The SMILES string of the molecule is COCCN=C1NC(=O)C2(CC(C)OC(C)C2)N1. The molecule has 0 aromatic carbocycles. The fourth-order valence-corrected chi connectivity index (χ4v) is 2.71. The van der Waals surface area contributed by atoms with Crippen molar-refractivity contribution < 1.29 is 14.3 Å². The standard InChI is InChI=1S/C12H21N3O3/c1-8-6-12(7-9(2)18-8)10(16)14-11(15-12)13-4-5-17-3/h8-9H,4-7H2,1-3H3,(H2,13,14,15,16). The van der Waals surface area contributed by atoms with Gasteiger partial charge in [0.1, 0.15) is 5.54 Å². The molecule has 102 valence electrons. The average Bonchev–Trinajstić information content (AvgIpc) is 2.54. The molecule has 0 bridgehead atoms. The van der Waals surface area contributed by atoms with Crippen molar-refractivity contribution in [1.29, 1.82) is 0 Å². The van der Waals surface area contributed by atoms with E-state index < -0.39 is 5.54 Å². The number of hydrogen-bond acceptors (Lipinski definition) is 4. The quantitative estimate of drug-likeness (QED) is 0.698. The zero-order chi connectivity index (χ0) is 13.2. The first-order valence-electron chi connectivity index (χ1n) is 6.34. The van der Waals surface area contributed by atoms with Gasteiger partial charge in [-0.05, 0) is 13.8 Å². The Bertz CT molecular complexity index is 346. The summed E-state index contributed by atoms with van der Waals surface area (Å²) >= 11 is 0. The Morgan fingerprint density at radius 1 is 1.44 bits per heavy atom. The Morgan fingerprint density at radius 3 is 2.72 bits per heavy atom. The predicted octanol–water partition coefficient (Wildman–Crippen LogP) is 0.0344.